The van der Waals surface area contributed by atoms with Crippen LogP contribution in [0.2, 0.25) is 0 Å². The van der Waals surface area contributed by atoms with Gasteiger partial charge in [0.2, 0.25) is 5.88 Å². The zero-order valence-corrected chi connectivity index (χ0v) is 10.6. The van der Waals surface area contributed by atoms with Gasteiger partial charge >= 0.3 is 0 Å². The van der Waals surface area contributed by atoms with E-state index in [2.05, 4.69) is 21.3 Å². The maximum atomic E-state index is 5.46. The molecule has 17 heavy (non-hydrogen) atoms. The summed E-state index contributed by atoms with van der Waals surface area (Å²) in [7, 11) is 0. The summed E-state index contributed by atoms with van der Waals surface area (Å²) in [5.74, 6) is 9.40. The van der Waals surface area contributed by atoms with Gasteiger partial charge in [0, 0.05) is 11.5 Å². The van der Waals surface area contributed by atoms with Gasteiger partial charge in [0.25, 0.3) is 0 Å². The number of anilines is 1. The van der Waals surface area contributed by atoms with Crippen molar-refractivity contribution in [2.24, 2.45) is 5.84 Å². The molecule has 0 saturated carbocycles. The lowest BCUT2D eigenvalue weighted by molar-refractivity contribution is 0.265. The Hall–Kier alpha value is -1.80. The van der Waals surface area contributed by atoms with Gasteiger partial charge in [-0.2, -0.15) is 4.98 Å². The maximum Gasteiger partial charge on any atom is 0.220 e. The summed E-state index contributed by atoms with van der Waals surface area (Å²) < 4.78 is 5.46. The van der Waals surface area contributed by atoms with Crippen LogP contribution < -0.4 is 16.0 Å². The highest BCUT2D eigenvalue weighted by Crippen LogP contribution is 2.23. The first-order valence-corrected chi connectivity index (χ1v) is 5.35. The molecule has 1 unspecified atom stereocenters. The van der Waals surface area contributed by atoms with E-state index < -0.39 is 0 Å². The van der Waals surface area contributed by atoms with Crippen molar-refractivity contribution in [1.82, 2.24) is 9.97 Å². The highest BCUT2D eigenvalue weighted by molar-refractivity contribution is 5.38. The zero-order chi connectivity index (χ0) is 13.1. The number of rotatable bonds is 3. The second-order valence-corrected chi connectivity index (χ2v) is 4.74. The van der Waals surface area contributed by atoms with Crippen LogP contribution in [0.4, 0.5) is 5.82 Å². The Balaban J connectivity index is 3.11. The number of hydrazine groups is 1. The largest absolute Gasteiger partial charge is 0.461 e. The Morgan fingerprint density at radius 3 is 2.59 bits per heavy atom. The Kier molecular flexibility index (Phi) is 3.92. The fourth-order valence-corrected chi connectivity index (χ4v) is 1.11. The van der Waals surface area contributed by atoms with Gasteiger partial charge in [-0.1, -0.05) is 26.7 Å². The number of aromatic nitrogens is 2. The molecule has 0 radical (unpaired) electrons. The molecule has 0 aliphatic heterocycles. The molecule has 0 aromatic carbocycles. The predicted octanol–water partition coefficient (Wildman–Crippen LogP) is 1.46. The van der Waals surface area contributed by atoms with E-state index in [-0.39, 0.29) is 11.5 Å². The Morgan fingerprint density at radius 2 is 2.12 bits per heavy atom. The van der Waals surface area contributed by atoms with E-state index in [1.54, 1.807) is 13.0 Å². The fraction of sp³-hybridized carbons (Fsp3) is 0.500. The predicted molar refractivity (Wildman–Crippen MR) is 67.5 cm³/mol. The molecule has 92 valence electrons. The van der Waals surface area contributed by atoms with Gasteiger partial charge in [0.05, 0.1) is 0 Å². The topological polar surface area (TPSA) is 73.1 Å². The minimum Gasteiger partial charge on any atom is -0.461 e. The first kappa shape index (κ1) is 13.3. The number of nitrogens with two attached hydrogens (primary N) is 1. The standard InChI is InChI=1S/C12H18N4O/c1-6-8(2)17-10-7-9(16-13)14-11(15-10)12(3,4)5/h1,7-8H,13H2,2-5H3,(H,14,15,16). The van der Waals surface area contributed by atoms with Crippen LogP contribution in [-0.2, 0) is 5.41 Å². The van der Waals surface area contributed by atoms with Crippen molar-refractivity contribution in [2.75, 3.05) is 5.43 Å². The van der Waals surface area contributed by atoms with Crippen LogP contribution in [0, 0.1) is 12.3 Å². The number of terminal acetylenes is 1. The fourth-order valence-electron chi connectivity index (χ4n) is 1.11. The molecule has 5 heteroatoms. The highest BCUT2D eigenvalue weighted by atomic mass is 16.5. The van der Waals surface area contributed by atoms with Crippen molar-refractivity contribution >= 4 is 5.82 Å². The summed E-state index contributed by atoms with van der Waals surface area (Å²) in [4.78, 5) is 8.59. The van der Waals surface area contributed by atoms with Crippen LogP contribution in [-0.4, -0.2) is 16.1 Å². The van der Waals surface area contributed by atoms with Gasteiger partial charge in [0.1, 0.15) is 11.6 Å². The van der Waals surface area contributed by atoms with Crippen molar-refractivity contribution in [3.05, 3.63) is 11.9 Å². The second kappa shape index (κ2) is 5.02. The molecular weight excluding hydrogens is 216 g/mol. The molecule has 0 fully saturated rings. The van der Waals surface area contributed by atoms with Crippen molar-refractivity contribution in [2.45, 2.75) is 39.2 Å². The third-order valence-electron chi connectivity index (χ3n) is 2.05. The zero-order valence-electron chi connectivity index (χ0n) is 10.6. The lowest BCUT2D eigenvalue weighted by atomic mass is 9.96. The van der Waals surface area contributed by atoms with E-state index in [4.69, 9.17) is 17.0 Å². The van der Waals surface area contributed by atoms with Gasteiger partial charge in [-0.05, 0) is 6.92 Å². The van der Waals surface area contributed by atoms with Crippen LogP contribution in [0.3, 0.4) is 0 Å². The van der Waals surface area contributed by atoms with Gasteiger partial charge in [-0.25, -0.2) is 10.8 Å². The summed E-state index contributed by atoms with van der Waals surface area (Å²) in [6.07, 6.45) is 4.91. The van der Waals surface area contributed by atoms with Gasteiger partial charge in [-0.3, -0.25) is 0 Å². The molecule has 1 aromatic heterocycles. The third kappa shape index (κ3) is 3.61. The molecule has 0 aliphatic rings. The summed E-state index contributed by atoms with van der Waals surface area (Å²) in [6, 6.07) is 1.61. The average molecular weight is 234 g/mol. The first-order chi connectivity index (χ1) is 7.86. The van der Waals surface area contributed by atoms with Crippen LogP contribution in [0.25, 0.3) is 0 Å². The quantitative estimate of drug-likeness (QED) is 0.470. The lowest BCUT2D eigenvalue weighted by Crippen LogP contribution is -2.20. The van der Waals surface area contributed by atoms with E-state index in [0.717, 1.165) is 0 Å². The monoisotopic (exact) mass is 234 g/mol. The van der Waals surface area contributed by atoms with Crippen molar-refractivity contribution in [3.63, 3.8) is 0 Å². The molecule has 1 aromatic rings. The minimum atomic E-state index is -0.344. The minimum absolute atomic E-state index is 0.190. The smallest absolute Gasteiger partial charge is 0.220 e. The Bertz CT molecular complexity index is 431. The molecule has 0 aliphatic carbocycles. The molecule has 1 atom stereocenters. The molecule has 1 rings (SSSR count). The number of nitrogen functional groups attached to an aromatic ring is 1. The van der Waals surface area contributed by atoms with Crippen molar-refractivity contribution in [1.29, 1.82) is 0 Å². The summed E-state index contributed by atoms with van der Waals surface area (Å²) in [5.41, 5.74) is 2.30. The number of ether oxygens (including phenoxy) is 1. The molecular formula is C12H18N4O. The van der Waals surface area contributed by atoms with Crippen LogP contribution >= 0.6 is 0 Å². The van der Waals surface area contributed by atoms with Crippen molar-refractivity contribution < 1.29 is 4.74 Å². The van der Waals surface area contributed by atoms with E-state index >= 15 is 0 Å². The Morgan fingerprint density at radius 1 is 1.47 bits per heavy atom. The molecule has 5 nitrogen and oxygen atoms in total. The molecule has 0 bridgehead atoms. The van der Waals surface area contributed by atoms with Crippen molar-refractivity contribution in [3.8, 4) is 18.2 Å². The molecule has 3 N–H and O–H groups in total. The number of hydrogen-bond acceptors (Lipinski definition) is 5. The Labute approximate surface area is 102 Å². The van der Waals surface area contributed by atoms with E-state index in [1.807, 2.05) is 20.8 Å². The number of nitrogens with zero attached hydrogens (tertiary/aromatic N) is 2. The molecule has 1 heterocycles. The van der Waals surface area contributed by atoms with E-state index in [9.17, 15) is 0 Å². The summed E-state index contributed by atoms with van der Waals surface area (Å²) in [6.45, 7) is 7.81. The molecule has 0 spiro atoms. The maximum absolute atomic E-state index is 5.46. The number of hydrogen-bond donors (Lipinski definition) is 2. The lowest BCUT2D eigenvalue weighted by Gasteiger charge is -2.18. The average Bonchev–Trinajstić information content (AvgIpc) is 2.27. The van der Waals surface area contributed by atoms with Gasteiger partial charge in [0.15, 0.2) is 6.10 Å². The third-order valence-corrected chi connectivity index (χ3v) is 2.05. The molecule has 0 saturated heterocycles. The second-order valence-electron chi connectivity index (χ2n) is 4.74. The van der Waals surface area contributed by atoms with Crippen LogP contribution in [0.5, 0.6) is 5.88 Å². The highest BCUT2D eigenvalue weighted by Gasteiger charge is 2.19. The van der Waals surface area contributed by atoms with E-state index in [1.165, 1.54) is 0 Å². The van der Waals surface area contributed by atoms with Crippen LogP contribution in [0.15, 0.2) is 6.07 Å². The SMILES string of the molecule is C#CC(C)Oc1cc(NN)nc(C(C)(C)C)n1. The van der Waals surface area contributed by atoms with Gasteiger partial charge in [-0.15, -0.1) is 6.42 Å². The van der Waals surface area contributed by atoms with Crippen LogP contribution in [0.1, 0.15) is 33.5 Å². The first-order valence-electron chi connectivity index (χ1n) is 5.35. The summed E-state index contributed by atoms with van der Waals surface area (Å²) in [5, 5.41) is 0. The normalized spacial score (nSPS) is 12.7. The number of nitrogens with one attached hydrogen (secondary N) is 1. The van der Waals surface area contributed by atoms with E-state index in [0.29, 0.717) is 17.5 Å². The van der Waals surface area contributed by atoms with Gasteiger partial charge < -0.3 is 10.2 Å². The molecule has 0 amide bonds. The summed E-state index contributed by atoms with van der Waals surface area (Å²) >= 11 is 0.